The molecule has 0 aromatic heterocycles. The van der Waals surface area contributed by atoms with Gasteiger partial charge in [-0.2, -0.15) is 0 Å². The molecule has 2 heteroatoms. The molecule has 2 unspecified atom stereocenters. The molecule has 3 rings (SSSR count). The lowest BCUT2D eigenvalue weighted by Crippen LogP contribution is -2.55. The van der Waals surface area contributed by atoms with Crippen molar-refractivity contribution in [1.29, 1.82) is 0 Å². The number of rotatable bonds is 2. The Hall–Kier alpha value is -0.0800. The predicted molar refractivity (Wildman–Crippen MR) is 72.2 cm³/mol. The maximum atomic E-state index is 2.81. The van der Waals surface area contributed by atoms with E-state index in [1.165, 1.54) is 71.1 Å². The first-order chi connectivity index (χ1) is 8.33. The SMILES string of the molecule is CC1CN2CCCC2CN1CC1CCCCC1. The summed E-state index contributed by atoms with van der Waals surface area (Å²) < 4.78 is 0. The second-order valence-corrected chi connectivity index (χ2v) is 6.60. The highest BCUT2D eigenvalue weighted by Gasteiger charge is 2.34. The van der Waals surface area contributed by atoms with Gasteiger partial charge in [0.2, 0.25) is 0 Å². The molecule has 0 aromatic carbocycles. The van der Waals surface area contributed by atoms with E-state index in [2.05, 4.69) is 16.7 Å². The Morgan fingerprint density at radius 1 is 0.941 bits per heavy atom. The highest BCUT2D eigenvalue weighted by molar-refractivity contribution is 4.91. The van der Waals surface area contributed by atoms with Crippen molar-refractivity contribution in [2.45, 2.75) is 64.0 Å². The molecule has 0 bridgehead atoms. The van der Waals surface area contributed by atoms with Gasteiger partial charge < -0.3 is 0 Å². The minimum Gasteiger partial charge on any atom is -0.298 e. The monoisotopic (exact) mass is 236 g/mol. The van der Waals surface area contributed by atoms with Gasteiger partial charge in [-0.15, -0.1) is 0 Å². The summed E-state index contributed by atoms with van der Waals surface area (Å²) in [5, 5.41) is 0. The highest BCUT2D eigenvalue weighted by Crippen LogP contribution is 2.29. The molecule has 0 aromatic rings. The standard InChI is InChI=1S/C15H28N2/c1-13-10-16-9-5-8-15(16)12-17(13)11-14-6-3-2-4-7-14/h13-15H,2-12H2,1H3. The van der Waals surface area contributed by atoms with Crippen LogP contribution in [0.15, 0.2) is 0 Å². The van der Waals surface area contributed by atoms with Gasteiger partial charge in [0.15, 0.2) is 0 Å². The molecule has 0 amide bonds. The first-order valence-corrected chi connectivity index (χ1v) is 7.81. The van der Waals surface area contributed by atoms with E-state index in [4.69, 9.17) is 0 Å². The normalized spacial score (nSPS) is 37.2. The van der Waals surface area contributed by atoms with Crippen LogP contribution >= 0.6 is 0 Å². The van der Waals surface area contributed by atoms with Crippen LogP contribution in [0.25, 0.3) is 0 Å². The Morgan fingerprint density at radius 3 is 2.59 bits per heavy atom. The van der Waals surface area contributed by atoms with Crippen molar-refractivity contribution in [2.24, 2.45) is 5.92 Å². The molecule has 98 valence electrons. The van der Waals surface area contributed by atoms with Crippen LogP contribution < -0.4 is 0 Å². The summed E-state index contributed by atoms with van der Waals surface area (Å²) in [6.07, 6.45) is 10.4. The maximum absolute atomic E-state index is 2.81. The average molecular weight is 236 g/mol. The summed E-state index contributed by atoms with van der Waals surface area (Å²) >= 11 is 0. The molecule has 2 aliphatic heterocycles. The maximum Gasteiger partial charge on any atom is 0.0224 e. The van der Waals surface area contributed by atoms with Crippen LogP contribution in [0, 0.1) is 5.92 Å². The number of hydrogen-bond acceptors (Lipinski definition) is 2. The van der Waals surface area contributed by atoms with Crippen molar-refractivity contribution in [3.8, 4) is 0 Å². The molecule has 2 atom stereocenters. The number of nitrogens with zero attached hydrogens (tertiary/aromatic N) is 2. The lowest BCUT2D eigenvalue weighted by molar-refractivity contribution is 0.0434. The fourth-order valence-corrected chi connectivity index (χ4v) is 4.20. The van der Waals surface area contributed by atoms with Crippen molar-refractivity contribution >= 4 is 0 Å². The molecule has 2 saturated heterocycles. The van der Waals surface area contributed by atoms with Crippen LogP contribution in [0.3, 0.4) is 0 Å². The van der Waals surface area contributed by atoms with Gasteiger partial charge in [-0.05, 0) is 45.1 Å². The first-order valence-electron chi connectivity index (χ1n) is 7.81. The number of fused-ring (bicyclic) bond motifs is 1. The summed E-state index contributed by atoms with van der Waals surface area (Å²) in [6, 6.07) is 1.70. The van der Waals surface area contributed by atoms with Crippen LogP contribution in [0.1, 0.15) is 51.9 Å². The van der Waals surface area contributed by atoms with Crippen LogP contribution in [0.2, 0.25) is 0 Å². The predicted octanol–water partition coefficient (Wildman–Crippen LogP) is 2.74. The van der Waals surface area contributed by atoms with Crippen molar-refractivity contribution in [2.75, 3.05) is 26.2 Å². The molecule has 1 saturated carbocycles. The van der Waals surface area contributed by atoms with Crippen molar-refractivity contribution < 1.29 is 0 Å². The summed E-state index contributed by atoms with van der Waals surface area (Å²) in [6.45, 7) is 7.89. The van der Waals surface area contributed by atoms with Crippen molar-refractivity contribution in [3.63, 3.8) is 0 Å². The van der Waals surface area contributed by atoms with Gasteiger partial charge in [-0.1, -0.05) is 19.3 Å². The molecule has 0 spiro atoms. The van der Waals surface area contributed by atoms with Gasteiger partial charge in [0, 0.05) is 31.7 Å². The van der Waals surface area contributed by atoms with E-state index in [1.54, 1.807) is 0 Å². The largest absolute Gasteiger partial charge is 0.298 e. The second-order valence-electron chi connectivity index (χ2n) is 6.60. The van der Waals surface area contributed by atoms with Gasteiger partial charge in [0.1, 0.15) is 0 Å². The Bertz CT molecular complexity index is 247. The van der Waals surface area contributed by atoms with E-state index in [-0.39, 0.29) is 0 Å². The van der Waals surface area contributed by atoms with E-state index in [1.807, 2.05) is 0 Å². The molecule has 2 nitrogen and oxygen atoms in total. The lowest BCUT2D eigenvalue weighted by Gasteiger charge is -2.44. The summed E-state index contributed by atoms with van der Waals surface area (Å²) in [5.41, 5.74) is 0. The third-order valence-corrected chi connectivity index (χ3v) is 5.28. The van der Waals surface area contributed by atoms with Crippen LogP contribution in [-0.4, -0.2) is 48.1 Å². The average Bonchev–Trinajstić information content (AvgIpc) is 2.78. The highest BCUT2D eigenvalue weighted by atomic mass is 15.3. The molecule has 2 heterocycles. The van der Waals surface area contributed by atoms with Crippen LogP contribution in [0.4, 0.5) is 0 Å². The number of hydrogen-bond donors (Lipinski definition) is 0. The minimum absolute atomic E-state index is 0.797. The van der Waals surface area contributed by atoms with Crippen LogP contribution in [-0.2, 0) is 0 Å². The van der Waals surface area contributed by atoms with E-state index >= 15 is 0 Å². The molecule has 3 fully saturated rings. The van der Waals surface area contributed by atoms with Gasteiger partial charge in [-0.3, -0.25) is 9.80 Å². The fourth-order valence-electron chi connectivity index (χ4n) is 4.20. The summed E-state index contributed by atoms with van der Waals surface area (Å²) in [4.78, 5) is 5.55. The molecule has 1 aliphatic carbocycles. The fraction of sp³-hybridized carbons (Fsp3) is 1.00. The molecule has 17 heavy (non-hydrogen) atoms. The van der Waals surface area contributed by atoms with E-state index < -0.39 is 0 Å². The zero-order chi connectivity index (χ0) is 11.7. The summed E-state index contributed by atoms with van der Waals surface area (Å²) in [5.74, 6) is 1.01. The molecule has 3 aliphatic rings. The van der Waals surface area contributed by atoms with Gasteiger partial charge in [-0.25, -0.2) is 0 Å². The number of piperazine rings is 1. The van der Waals surface area contributed by atoms with Crippen molar-refractivity contribution in [1.82, 2.24) is 9.80 Å². The Morgan fingerprint density at radius 2 is 1.76 bits per heavy atom. The van der Waals surface area contributed by atoms with Crippen LogP contribution in [0.5, 0.6) is 0 Å². The Labute approximate surface area is 106 Å². The van der Waals surface area contributed by atoms with Crippen molar-refractivity contribution in [3.05, 3.63) is 0 Å². The zero-order valence-electron chi connectivity index (χ0n) is 11.4. The lowest BCUT2D eigenvalue weighted by atomic mass is 9.88. The molecule has 0 radical (unpaired) electrons. The first kappa shape index (κ1) is 12.0. The zero-order valence-corrected chi connectivity index (χ0v) is 11.4. The molecular weight excluding hydrogens is 208 g/mol. The van der Waals surface area contributed by atoms with E-state index in [0.29, 0.717) is 0 Å². The van der Waals surface area contributed by atoms with Gasteiger partial charge in [0.25, 0.3) is 0 Å². The third-order valence-electron chi connectivity index (χ3n) is 5.28. The Kier molecular flexibility index (Phi) is 3.72. The topological polar surface area (TPSA) is 6.48 Å². The smallest absolute Gasteiger partial charge is 0.0224 e. The quantitative estimate of drug-likeness (QED) is 0.727. The second kappa shape index (κ2) is 5.27. The molecule has 0 N–H and O–H groups in total. The summed E-state index contributed by atoms with van der Waals surface area (Å²) in [7, 11) is 0. The van der Waals surface area contributed by atoms with Gasteiger partial charge >= 0.3 is 0 Å². The van der Waals surface area contributed by atoms with Gasteiger partial charge in [0.05, 0.1) is 0 Å². The minimum atomic E-state index is 0.797. The van der Waals surface area contributed by atoms with E-state index in [0.717, 1.165) is 18.0 Å². The molecular formula is C15H28N2. The van der Waals surface area contributed by atoms with E-state index in [9.17, 15) is 0 Å². The Balaban J connectivity index is 1.55. The third kappa shape index (κ3) is 2.68.